The maximum absolute atomic E-state index is 9.89. The maximum Gasteiger partial charge on any atom is 0.119 e. The molecule has 1 aliphatic carbocycles. The average molecular weight is 448 g/mol. The Hall–Kier alpha value is -2.31. The van der Waals surface area contributed by atoms with Crippen molar-refractivity contribution in [1.82, 2.24) is 0 Å². The summed E-state index contributed by atoms with van der Waals surface area (Å²) in [5.74, 6) is 1.35. The second kappa shape index (κ2) is 12.2. The van der Waals surface area contributed by atoms with Crippen LogP contribution in [0.5, 0.6) is 5.75 Å². The summed E-state index contributed by atoms with van der Waals surface area (Å²) in [5, 5.41) is 19.7. The molecule has 1 N–H and O–H groups in total. The van der Waals surface area contributed by atoms with Crippen molar-refractivity contribution in [3.63, 3.8) is 0 Å². The van der Waals surface area contributed by atoms with Gasteiger partial charge in [0.15, 0.2) is 0 Å². The third kappa shape index (κ3) is 7.08. The summed E-state index contributed by atoms with van der Waals surface area (Å²) in [4.78, 5) is 0. The largest absolute Gasteiger partial charge is 0.490 e. The number of nitrogens with zero attached hydrogens (tertiary/aromatic N) is 1. The van der Waals surface area contributed by atoms with Crippen molar-refractivity contribution in [3.05, 3.63) is 54.1 Å². The highest BCUT2D eigenvalue weighted by atomic mass is 16.5. The van der Waals surface area contributed by atoms with E-state index in [1.807, 2.05) is 0 Å². The number of hydrogen-bond acceptors (Lipinski definition) is 3. The molecule has 3 unspecified atom stereocenters. The van der Waals surface area contributed by atoms with E-state index < -0.39 is 11.5 Å². The molecule has 1 saturated carbocycles. The van der Waals surface area contributed by atoms with Gasteiger partial charge >= 0.3 is 0 Å². The molecule has 2 aromatic carbocycles. The SMILES string of the molecule is CCCCC(CCC)Oc1ccc(-c2ccc(C3CCCC(C#N)(C[C@H](C)O)C3)cc2)cc1. The van der Waals surface area contributed by atoms with E-state index in [9.17, 15) is 10.4 Å². The minimum Gasteiger partial charge on any atom is -0.490 e. The van der Waals surface area contributed by atoms with Gasteiger partial charge in [0.1, 0.15) is 5.75 Å². The topological polar surface area (TPSA) is 53.2 Å². The van der Waals surface area contributed by atoms with Gasteiger partial charge in [0.2, 0.25) is 0 Å². The van der Waals surface area contributed by atoms with Gasteiger partial charge in [0, 0.05) is 0 Å². The fourth-order valence-electron chi connectivity index (χ4n) is 5.43. The van der Waals surface area contributed by atoms with Crippen molar-refractivity contribution >= 4 is 0 Å². The summed E-state index contributed by atoms with van der Waals surface area (Å²) in [5.41, 5.74) is 3.31. The molecule has 0 spiro atoms. The summed E-state index contributed by atoms with van der Waals surface area (Å²) in [6.07, 6.45) is 10.2. The van der Waals surface area contributed by atoms with Crippen molar-refractivity contribution < 1.29 is 9.84 Å². The van der Waals surface area contributed by atoms with Gasteiger partial charge in [-0.2, -0.15) is 5.26 Å². The van der Waals surface area contributed by atoms with Crippen LogP contribution in [0.25, 0.3) is 11.1 Å². The normalized spacial score (nSPS) is 22.3. The number of unbranched alkanes of at least 4 members (excludes halogenated alkanes) is 1. The Bertz CT molecular complexity index is 881. The van der Waals surface area contributed by atoms with Crippen LogP contribution in [0.4, 0.5) is 0 Å². The van der Waals surface area contributed by atoms with Crippen molar-refractivity contribution in [2.75, 3.05) is 0 Å². The minimum absolute atomic E-state index is 0.310. The van der Waals surface area contributed by atoms with Crippen LogP contribution in [-0.4, -0.2) is 17.3 Å². The molecule has 2 aromatic rings. The first-order chi connectivity index (χ1) is 16.0. The van der Waals surface area contributed by atoms with Crippen LogP contribution in [-0.2, 0) is 0 Å². The second-order valence-electron chi connectivity index (χ2n) is 10.1. The van der Waals surface area contributed by atoms with Gasteiger partial charge in [0.05, 0.1) is 23.7 Å². The minimum atomic E-state index is -0.429. The van der Waals surface area contributed by atoms with Crippen LogP contribution in [0.1, 0.15) is 96.5 Å². The third-order valence-corrected chi connectivity index (χ3v) is 7.13. The quantitative estimate of drug-likeness (QED) is 0.379. The predicted molar refractivity (Wildman–Crippen MR) is 136 cm³/mol. The summed E-state index contributed by atoms with van der Waals surface area (Å²) < 4.78 is 6.26. The Morgan fingerprint density at radius 3 is 2.27 bits per heavy atom. The molecule has 3 rings (SSSR count). The molecule has 0 aromatic heterocycles. The van der Waals surface area contributed by atoms with Gasteiger partial charge in [-0.15, -0.1) is 0 Å². The average Bonchev–Trinajstić information content (AvgIpc) is 2.83. The maximum atomic E-state index is 9.89. The van der Waals surface area contributed by atoms with Crippen molar-refractivity contribution in [2.45, 2.75) is 103 Å². The molecule has 0 saturated heterocycles. The van der Waals surface area contributed by atoms with Gasteiger partial charge in [-0.25, -0.2) is 0 Å². The first kappa shape index (κ1) is 25.3. The number of benzene rings is 2. The number of rotatable bonds is 11. The van der Waals surface area contributed by atoms with Crippen LogP contribution >= 0.6 is 0 Å². The second-order valence-corrected chi connectivity index (χ2v) is 10.1. The highest BCUT2D eigenvalue weighted by molar-refractivity contribution is 5.64. The van der Waals surface area contributed by atoms with Gasteiger partial charge in [0.25, 0.3) is 0 Å². The Kier molecular flexibility index (Phi) is 9.39. The first-order valence-electron chi connectivity index (χ1n) is 12.9. The lowest BCUT2D eigenvalue weighted by Crippen LogP contribution is -2.29. The van der Waals surface area contributed by atoms with E-state index in [0.29, 0.717) is 18.4 Å². The molecule has 3 nitrogen and oxygen atoms in total. The fourth-order valence-corrected chi connectivity index (χ4v) is 5.43. The number of aliphatic hydroxyl groups is 1. The van der Waals surface area contributed by atoms with E-state index in [0.717, 1.165) is 50.7 Å². The molecule has 1 aliphatic rings. The highest BCUT2D eigenvalue weighted by Gasteiger charge is 2.38. The fraction of sp³-hybridized carbons (Fsp3) is 0.567. The summed E-state index contributed by atoms with van der Waals surface area (Å²) in [6, 6.07) is 19.9. The van der Waals surface area contributed by atoms with Crippen molar-refractivity contribution in [1.29, 1.82) is 5.26 Å². The molecule has 0 amide bonds. The van der Waals surface area contributed by atoms with Gasteiger partial charge in [-0.3, -0.25) is 0 Å². The van der Waals surface area contributed by atoms with Crippen molar-refractivity contribution in [3.8, 4) is 22.9 Å². The predicted octanol–water partition coefficient (Wildman–Crippen LogP) is 8.03. The molecule has 0 heterocycles. The molecule has 3 heteroatoms. The van der Waals surface area contributed by atoms with Gasteiger partial charge in [-0.1, -0.05) is 75.9 Å². The Balaban J connectivity index is 1.65. The lowest BCUT2D eigenvalue weighted by Gasteiger charge is -2.37. The molecule has 1 fully saturated rings. The van der Waals surface area contributed by atoms with E-state index in [4.69, 9.17) is 4.74 Å². The van der Waals surface area contributed by atoms with E-state index in [2.05, 4.69) is 68.4 Å². The molecule has 4 atom stereocenters. The summed E-state index contributed by atoms with van der Waals surface area (Å²) >= 11 is 0. The molecular formula is C30H41NO2. The van der Waals surface area contributed by atoms with Crippen LogP contribution in [0.15, 0.2) is 48.5 Å². The monoisotopic (exact) mass is 447 g/mol. The van der Waals surface area contributed by atoms with E-state index >= 15 is 0 Å². The van der Waals surface area contributed by atoms with Crippen LogP contribution in [0.3, 0.4) is 0 Å². The summed E-state index contributed by atoms with van der Waals surface area (Å²) in [6.45, 7) is 6.24. The first-order valence-corrected chi connectivity index (χ1v) is 12.9. The van der Waals surface area contributed by atoms with Crippen LogP contribution in [0, 0.1) is 16.7 Å². The van der Waals surface area contributed by atoms with Crippen LogP contribution < -0.4 is 4.74 Å². The standard InChI is InChI=1S/C30H41NO2/c1-4-6-10-28(8-5-2)33-29-17-15-25(16-18-29)24-11-13-26(14-12-24)27-9-7-19-30(21-27,22-31)20-23(3)32/h11-18,23,27-28,32H,4-10,19-21H2,1-3H3/t23-,27?,28?,30?/m0/s1. The Labute approximate surface area is 200 Å². The lowest BCUT2D eigenvalue weighted by molar-refractivity contribution is 0.109. The molecule has 0 aliphatic heterocycles. The Morgan fingerprint density at radius 1 is 1.03 bits per heavy atom. The molecule has 0 radical (unpaired) electrons. The number of ether oxygens (including phenoxy) is 1. The number of nitriles is 1. The van der Waals surface area contributed by atoms with Gasteiger partial charge < -0.3 is 9.84 Å². The van der Waals surface area contributed by atoms with E-state index in [-0.39, 0.29) is 0 Å². The number of hydrogen-bond donors (Lipinski definition) is 1. The highest BCUT2D eigenvalue weighted by Crippen LogP contribution is 2.46. The molecule has 33 heavy (non-hydrogen) atoms. The van der Waals surface area contributed by atoms with Crippen LogP contribution in [0.2, 0.25) is 0 Å². The lowest BCUT2D eigenvalue weighted by atomic mass is 9.66. The van der Waals surface area contributed by atoms with E-state index in [1.165, 1.54) is 29.5 Å². The van der Waals surface area contributed by atoms with E-state index in [1.54, 1.807) is 6.92 Å². The van der Waals surface area contributed by atoms with Crippen molar-refractivity contribution in [2.24, 2.45) is 5.41 Å². The zero-order valence-corrected chi connectivity index (χ0v) is 20.7. The zero-order chi connectivity index (χ0) is 23.7. The molecular weight excluding hydrogens is 406 g/mol. The molecule has 178 valence electrons. The third-order valence-electron chi connectivity index (χ3n) is 7.13. The Morgan fingerprint density at radius 2 is 1.70 bits per heavy atom. The zero-order valence-electron chi connectivity index (χ0n) is 20.7. The smallest absolute Gasteiger partial charge is 0.119 e. The molecule has 0 bridgehead atoms. The summed E-state index contributed by atoms with van der Waals surface area (Å²) in [7, 11) is 0. The van der Waals surface area contributed by atoms with Gasteiger partial charge in [-0.05, 0) is 80.2 Å². The number of aliphatic hydroxyl groups excluding tert-OH is 1.